The molecule has 0 spiro atoms. The van der Waals surface area contributed by atoms with E-state index in [0.717, 1.165) is 11.8 Å². The van der Waals surface area contributed by atoms with Crippen molar-refractivity contribution in [2.24, 2.45) is 0 Å². The number of aromatic nitrogens is 3. The molecule has 1 heterocycles. The van der Waals surface area contributed by atoms with Crippen LogP contribution in [0, 0.1) is 0 Å². The lowest BCUT2D eigenvalue weighted by Gasteiger charge is -2.08. The number of nitrogens with one attached hydrogen (secondary N) is 1. The van der Waals surface area contributed by atoms with Crippen LogP contribution >= 0.6 is 11.8 Å². The van der Waals surface area contributed by atoms with Gasteiger partial charge in [0.1, 0.15) is 5.75 Å². The van der Waals surface area contributed by atoms with Crippen LogP contribution in [0.4, 0.5) is 14.5 Å². The first kappa shape index (κ1) is 21.6. The third kappa shape index (κ3) is 5.47. The third-order valence-electron chi connectivity index (χ3n) is 4.20. The van der Waals surface area contributed by atoms with E-state index in [9.17, 15) is 13.6 Å². The molecule has 0 unspecified atom stereocenters. The van der Waals surface area contributed by atoms with Crippen LogP contribution in [-0.4, -0.2) is 33.1 Å². The second-order valence-electron chi connectivity index (χ2n) is 6.69. The molecule has 0 aliphatic rings. The molecule has 10 heteroatoms. The minimum absolute atomic E-state index is 0.0320. The first-order valence-electron chi connectivity index (χ1n) is 9.12. The molecule has 0 aliphatic carbocycles. The quantitative estimate of drug-likeness (QED) is 0.410. The Morgan fingerprint density at radius 2 is 1.80 bits per heavy atom. The number of ether oxygens (including phenoxy) is 1. The molecule has 0 radical (unpaired) electrons. The Kier molecular flexibility index (Phi) is 6.88. The van der Waals surface area contributed by atoms with Crippen molar-refractivity contribution in [1.82, 2.24) is 14.9 Å². The number of carbonyl (C=O) groups excluding carboxylic acids is 1. The highest BCUT2D eigenvalue weighted by Crippen LogP contribution is 2.24. The minimum atomic E-state index is -2.89. The predicted octanol–water partition coefficient (Wildman–Crippen LogP) is 4.11. The predicted molar refractivity (Wildman–Crippen MR) is 112 cm³/mol. The number of carbonyl (C=O) groups is 1. The fourth-order valence-corrected chi connectivity index (χ4v) is 3.29. The summed E-state index contributed by atoms with van der Waals surface area (Å²) in [5.74, 6) is 6.72. The highest BCUT2D eigenvalue weighted by atomic mass is 32.2. The van der Waals surface area contributed by atoms with Gasteiger partial charge in [-0.05, 0) is 47.9 Å². The lowest BCUT2D eigenvalue weighted by molar-refractivity contribution is -0.113. The number of hydrogen-bond donors (Lipinski definition) is 2. The number of alkyl halides is 2. The average molecular weight is 433 g/mol. The summed E-state index contributed by atoms with van der Waals surface area (Å²) in [6, 6.07) is 13.6. The van der Waals surface area contributed by atoms with Crippen LogP contribution in [0.2, 0.25) is 0 Å². The van der Waals surface area contributed by atoms with E-state index in [2.05, 4.69) is 34.1 Å². The molecule has 0 aliphatic heterocycles. The summed E-state index contributed by atoms with van der Waals surface area (Å²) in [4.78, 5) is 12.2. The van der Waals surface area contributed by atoms with Crippen LogP contribution < -0.4 is 15.9 Å². The van der Waals surface area contributed by atoms with Gasteiger partial charge in [-0.15, -0.1) is 10.2 Å². The average Bonchev–Trinajstić information content (AvgIpc) is 3.07. The van der Waals surface area contributed by atoms with Gasteiger partial charge in [-0.3, -0.25) is 4.79 Å². The van der Waals surface area contributed by atoms with Gasteiger partial charge in [0.05, 0.1) is 5.75 Å². The number of anilines is 1. The number of hydrogen-bond acceptors (Lipinski definition) is 6. The maximum absolute atomic E-state index is 12.2. The Hall–Kier alpha value is -3.14. The molecule has 0 bridgehead atoms. The van der Waals surface area contributed by atoms with Crippen molar-refractivity contribution in [2.75, 3.05) is 16.9 Å². The highest BCUT2D eigenvalue weighted by Gasteiger charge is 2.14. The Balaban J connectivity index is 1.59. The Morgan fingerprint density at radius 1 is 1.13 bits per heavy atom. The molecule has 158 valence electrons. The van der Waals surface area contributed by atoms with Crippen molar-refractivity contribution < 1.29 is 18.3 Å². The smallest absolute Gasteiger partial charge is 0.387 e. The SMILES string of the molecule is CC(C)c1ccc(NC(=O)CSc2nnc(-c3ccc(OC(F)F)cc3)n2N)cc1. The van der Waals surface area contributed by atoms with Crippen molar-refractivity contribution in [1.29, 1.82) is 0 Å². The van der Waals surface area contributed by atoms with Gasteiger partial charge in [0.15, 0.2) is 5.82 Å². The van der Waals surface area contributed by atoms with E-state index in [1.807, 2.05) is 24.3 Å². The van der Waals surface area contributed by atoms with Gasteiger partial charge in [0.25, 0.3) is 0 Å². The molecule has 0 atom stereocenters. The second-order valence-corrected chi connectivity index (χ2v) is 7.64. The van der Waals surface area contributed by atoms with Gasteiger partial charge < -0.3 is 15.9 Å². The van der Waals surface area contributed by atoms with Crippen molar-refractivity contribution >= 4 is 23.4 Å². The molecular weight excluding hydrogens is 412 g/mol. The van der Waals surface area contributed by atoms with Crippen molar-refractivity contribution in [3.8, 4) is 17.1 Å². The molecule has 3 N–H and O–H groups in total. The number of rotatable bonds is 8. The first-order chi connectivity index (χ1) is 14.3. The maximum atomic E-state index is 12.2. The Bertz CT molecular complexity index is 991. The van der Waals surface area contributed by atoms with Crippen molar-refractivity contribution in [3.05, 3.63) is 54.1 Å². The molecule has 30 heavy (non-hydrogen) atoms. The van der Waals surface area contributed by atoms with E-state index in [1.54, 1.807) is 12.1 Å². The van der Waals surface area contributed by atoms with E-state index in [4.69, 9.17) is 5.84 Å². The van der Waals surface area contributed by atoms with Crippen LogP contribution in [0.5, 0.6) is 5.75 Å². The van der Waals surface area contributed by atoms with Crippen LogP contribution in [0.15, 0.2) is 53.7 Å². The van der Waals surface area contributed by atoms with Crippen LogP contribution in [-0.2, 0) is 4.79 Å². The van der Waals surface area contributed by atoms with Gasteiger partial charge in [0, 0.05) is 11.3 Å². The minimum Gasteiger partial charge on any atom is -0.435 e. The van der Waals surface area contributed by atoms with E-state index in [0.29, 0.717) is 28.1 Å². The standard InChI is InChI=1S/C20H21F2N5O2S/c1-12(2)13-3-7-15(8-4-13)24-17(28)11-30-20-26-25-18(27(20)23)14-5-9-16(10-6-14)29-19(21)22/h3-10,12,19H,11,23H2,1-2H3,(H,24,28). The van der Waals surface area contributed by atoms with Crippen LogP contribution in [0.25, 0.3) is 11.4 Å². The van der Waals surface area contributed by atoms with Gasteiger partial charge in [-0.1, -0.05) is 37.7 Å². The Morgan fingerprint density at radius 3 is 2.40 bits per heavy atom. The molecular formula is C20H21F2N5O2S. The molecule has 2 aromatic carbocycles. The zero-order valence-corrected chi connectivity index (χ0v) is 17.2. The topological polar surface area (TPSA) is 95.1 Å². The number of thioether (sulfide) groups is 1. The molecule has 3 rings (SSSR count). The lowest BCUT2D eigenvalue weighted by atomic mass is 10.0. The van der Waals surface area contributed by atoms with Gasteiger partial charge >= 0.3 is 6.61 Å². The summed E-state index contributed by atoms with van der Waals surface area (Å²) < 4.78 is 30.1. The monoisotopic (exact) mass is 433 g/mol. The largest absolute Gasteiger partial charge is 0.435 e. The summed E-state index contributed by atoms with van der Waals surface area (Å²) in [6.07, 6.45) is 0. The summed E-state index contributed by atoms with van der Waals surface area (Å²) in [5, 5.41) is 11.2. The number of nitrogens with zero attached hydrogens (tertiary/aromatic N) is 3. The summed E-state index contributed by atoms with van der Waals surface area (Å²) in [6.45, 7) is 1.32. The van der Waals surface area contributed by atoms with Gasteiger partial charge in [-0.25, -0.2) is 4.68 Å². The normalized spacial score (nSPS) is 11.1. The molecule has 7 nitrogen and oxygen atoms in total. The van der Waals surface area contributed by atoms with E-state index >= 15 is 0 Å². The first-order valence-corrected chi connectivity index (χ1v) is 10.1. The number of nitrogen functional groups attached to an aromatic ring is 1. The van der Waals surface area contributed by atoms with E-state index < -0.39 is 6.61 Å². The maximum Gasteiger partial charge on any atom is 0.387 e. The van der Waals surface area contributed by atoms with E-state index in [1.165, 1.54) is 22.4 Å². The molecule has 1 amide bonds. The summed E-state index contributed by atoms with van der Waals surface area (Å²) in [5.41, 5.74) is 2.49. The molecule has 0 saturated carbocycles. The van der Waals surface area contributed by atoms with Crippen LogP contribution in [0.1, 0.15) is 25.3 Å². The number of amides is 1. The molecule has 0 fully saturated rings. The lowest BCUT2D eigenvalue weighted by Crippen LogP contribution is -2.16. The zero-order valence-electron chi connectivity index (χ0n) is 16.4. The highest BCUT2D eigenvalue weighted by molar-refractivity contribution is 7.99. The number of nitrogens with two attached hydrogens (primary N) is 1. The Labute approximate surface area is 176 Å². The van der Waals surface area contributed by atoms with Gasteiger partial charge in [-0.2, -0.15) is 8.78 Å². The van der Waals surface area contributed by atoms with Crippen LogP contribution in [0.3, 0.4) is 0 Å². The summed E-state index contributed by atoms with van der Waals surface area (Å²) >= 11 is 1.14. The third-order valence-corrected chi connectivity index (χ3v) is 5.14. The van der Waals surface area contributed by atoms with Crippen molar-refractivity contribution in [3.63, 3.8) is 0 Å². The molecule has 3 aromatic rings. The second kappa shape index (κ2) is 9.57. The summed E-state index contributed by atoms with van der Waals surface area (Å²) in [7, 11) is 0. The molecule has 1 aromatic heterocycles. The van der Waals surface area contributed by atoms with Gasteiger partial charge in [0.2, 0.25) is 11.1 Å². The van der Waals surface area contributed by atoms with Crippen molar-refractivity contribution in [2.45, 2.75) is 31.5 Å². The van der Waals surface area contributed by atoms with E-state index in [-0.39, 0.29) is 17.4 Å². The number of benzene rings is 2. The molecule has 0 saturated heterocycles. The zero-order chi connectivity index (χ0) is 21.7. The fraction of sp³-hybridized carbons (Fsp3) is 0.250. The number of halogens is 2. The fourth-order valence-electron chi connectivity index (χ4n) is 2.64.